The van der Waals surface area contributed by atoms with Gasteiger partial charge in [-0.25, -0.2) is 0 Å². The summed E-state index contributed by atoms with van der Waals surface area (Å²) in [6.45, 7) is 9.30. The maximum Gasteiger partial charge on any atom is 0.114 e. The summed E-state index contributed by atoms with van der Waals surface area (Å²) < 4.78 is 0. The van der Waals surface area contributed by atoms with E-state index in [-0.39, 0.29) is 10.8 Å². The van der Waals surface area contributed by atoms with Gasteiger partial charge in [0, 0.05) is 10.8 Å². The van der Waals surface area contributed by atoms with Crippen LogP contribution in [0.2, 0.25) is 0 Å². The van der Waals surface area contributed by atoms with Gasteiger partial charge in [0.25, 0.3) is 0 Å². The first-order valence-electron chi connectivity index (χ1n) is 11.1. The van der Waals surface area contributed by atoms with E-state index in [4.69, 9.17) is 7.85 Å². The molecule has 0 N–H and O–H groups in total. The molecule has 0 heterocycles. The van der Waals surface area contributed by atoms with Crippen molar-refractivity contribution in [2.24, 2.45) is 0 Å². The Morgan fingerprint density at radius 3 is 1.81 bits per heavy atom. The van der Waals surface area contributed by atoms with Gasteiger partial charge in [-0.05, 0) is 67.8 Å². The summed E-state index contributed by atoms with van der Waals surface area (Å²) in [5.41, 5.74) is 14.1. The highest BCUT2D eigenvalue weighted by atomic mass is 14.4. The van der Waals surface area contributed by atoms with E-state index in [1.165, 1.54) is 55.6 Å². The lowest BCUT2D eigenvalue weighted by Gasteiger charge is -2.23. The first-order valence-corrected chi connectivity index (χ1v) is 11.1. The van der Waals surface area contributed by atoms with Gasteiger partial charge in [0.1, 0.15) is 7.85 Å². The summed E-state index contributed by atoms with van der Waals surface area (Å²) in [6, 6.07) is 29.0. The molecule has 0 fully saturated rings. The Morgan fingerprint density at radius 2 is 1.06 bits per heavy atom. The Hall–Kier alpha value is -3.06. The molecule has 2 aliphatic rings. The third-order valence-corrected chi connectivity index (χ3v) is 7.65. The molecular weight excluding hydrogens is 371 g/mol. The van der Waals surface area contributed by atoms with Crippen molar-refractivity contribution in [3.05, 3.63) is 101 Å². The van der Waals surface area contributed by atoms with E-state index in [1.54, 1.807) is 0 Å². The first-order chi connectivity index (χ1) is 14.8. The molecule has 148 valence electrons. The van der Waals surface area contributed by atoms with E-state index in [0.29, 0.717) is 0 Å². The molecule has 0 unspecified atom stereocenters. The number of hydrogen-bond donors (Lipinski definition) is 0. The predicted molar refractivity (Wildman–Crippen MR) is 132 cm³/mol. The fourth-order valence-corrected chi connectivity index (χ4v) is 5.88. The zero-order chi connectivity index (χ0) is 21.5. The molecule has 0 saturated carbocycles. The summed E-state index contributed by atoms with van der Waals surface area (Å²) in [5, 5.41) is 0. The van der Waals surface area contributed by atoms with Crippen LogP contribution in [0.4, 0.5) is 0 Å². The standard InChI is InChI=1S/C30H25B/c1-29(2)23-9-6-5-8-20(23)21-14-12-18(16-25(21)29)19-13-15-22-26(17-19)30(3,4)24-10-7-11-27(31)28(22)24/h5-17H,1-4H3. The van der Waals surface area contributed by atoms with Gasteiger partial charge in [0.05, 0.1) is 0 Å². The van der Waals surface area contributed by atoms with E-state index in [0.717, 1.165) is 5.46 Å². The van der Waals surface area contributed by atoms with Gasteiger partial charge in [-0.1, -0.05) is 99.9 Å². The third kappa shape index (κ3) is 2.38. The van der Waals surface area contributed by atoms with Gasteiger partial charge in [-0.15, -0.1) is 0 Å². The Kier molecular flexibility index (Phi) is 3.62. The summed E-state index contributed by atoms with van der Waals surface area (Å²) in [6.07, 6.45) is 0. The van der Waals surface area contributed by atoms with Crippen LogP contribution < -0.4 is 5.46 Å². The number of hydrogen-bond acceptors (Lipinski definition) is 0. The van der Waals surface area contributed by atoms with Crippen molar-refractivity contribution in [3.8, 4) is 33.4 Å². The second-order valence-corrected chi connectivity index (χ2v) is 10.1. The second-order valence-electron chi connectivity index (χ2n) is 10.1. The van der Waals surface area contributed by atoms with Crippen LogP contribution in [-0.4, -0.2) is 7.85 Å². The SMILES string of the molecule is [B]c1cccc2c1-c1ccc(-c3ccc4c(c3)C(C)(C)c3ccccc3-4)cc1C2(C)C. The molecule has 0 nitrogen and oxygen atoms in total. The number of benzene rings is 4. The van der Waals surface area contributed by atoms with Crippen molar-refractivity contribution in [1.82, 2.24) is 0 Å². The summed E-state index contributed by atoms with van der Waals surface area (Å²) in [7, 11) is 6.39. The molecule has 1 heteroatoms. The van der Waals surface area contributed by atoms with Gasteiger partial charge < -0.3 is 0 Å². The maximum absolute atomic E-state index is 6.39. The Morgan fingerprint density at radius 1 is 0.516 bits per heavy atom. The quantitative estimate of drug-likeness (QED) is 0.312. The van der Waals surface area contributed by atoms with Crippen LogP contribution in [0, 0.1) is 0 Å². The van der Waals surface area contributed by atoms with E-state index in [9.17, 15) is 0 Å². The molecule has 0 bridgehead atoms. The molecule has 0 aliphatic heterocycles. The molecular formula is C30H25B. The van der Waals surface area contributed by atoms with Crippen LogP contribution in [0.3, 0.4) is 0 Å². The highest BCUT2D eigenvalue weighted by Crippen LogP contribution is 2.51. The lowest BCUT2D eigenvalue weighted by molar-refractivity contribution is 0.659. The number of fused-ring (bicyclic) bond motifs is 6. The van der Waals surface area contributed by atoms with Crippen molar-refractivity contribution >= 4 is 13.3 Å². The van der Waals surface area contributed by atoms with E-state index in [2.05, 4.69) is 100 Å². The molecule has 0 amide bonds. The predicted octanol–water partition coefficient (Wildman–Crippen LogP) is 6.76. The second kappa shape index (κ2) is 6.01. The topological polar surface area (TPSA) is 0 Å². The Labute approximate surface area is 186 Å². The largest absolute Gasteiger partial charge is 0.114 e. The van der Waals surface area contributed by atoms with E-state index in [1.807, 2.05) is 6.07 Å². The molecule has 4 aromatic carbocycles. The fourth-order valence-electron chi connectivity index (χ4n) is 5.88. The fraction of sp³-hybridized carbons (Fsp3) is 0.200. The highest BCUT2D eigenvalue weighted by molar-refractivity contribution is 6.36. The van der Waals surface area contributed by atoms with Gasteiger partial charge >= 0.3 is 0 Å². The molecule has 2 aliphatic carbocycles. The third-order valence-electron chi connectivity index (χ3n) is 7.65. The average Bonchev–Trinajstić information content (AvgIpc) is 3.14. The van der Waals surface area contributed by atoms with Gasteiger partial charge in [0.15, 0.2) is 0 Å². The van der Waals surface area contributed by atoms with Gasteiger partial charge in [0.2, 0.25) is 0 Å². The van der Waals surface area contributed by atoms with Crippen molar-refractivity contribution in [3.63, 3.8) is 0 Å². The van der Waals surface area contributed by atoms with Crippen molar-refractivity contribution in [1.29, 1.82) is 0 Å². The lowest BCUT2D eigenvalue weighted by atomic mass is 9.80. The lowest BCUT2D eigenvalue weighted by Crippen LogP contribution is -2.16. The van der Waals surface area contributed by atoms with Crippen LogP contribution >= 0.6 is 0 Å². The minimum Gasteiger partial charge on any atom is -0.0887 e. The molecule has 0 saturated heterocycles. The van der Waals surface area contributed by atoms with Crippen LogP contribution in [0.1, 0.15) is 49.9 Å². The summed E-state index contributed by atoms with van der Waals surface area (Å²) in [4.78, 5) is 0. The molecule has 2 radical (unpaired) electrons. The first kappa shape index (κ1) is 18.7. The zero-order valence-corrected chi connectivity index (χ0v) is 18.6. The minimum absolute atomic E-state index is 0.0165. The van der Waals surface area contributed by atoms with E-state index >= 15 is 0 Å². The van der Waals surface area contributed by atoms with Crippen molar-refractivity contribution < 1.29 is 0 Å². The van der Waals surface area contributed by atoms with Crippen LogP contribution in [0.15, 0.2) is 78.9 Å². The maximum atomic E-state index is 6.39. The van der Waals surface area contributed by atoms with E-state index < -0.39 is 0 Å². The molecule has 0 aromatic heterocycles. The molecule has 6 rings (SSSR count). The highest BCUT2D eigenvalue weighted by Gasteiger charge is 2.37. The van der Waals surface area contributed by atoms with Crippen LogP contribution in [-0.2, 0) is 10.8 Å². The molecule has 4 aromatic rings. The Bertz CT molecular complexity index is 1390. The smallest absolute Gasteiger partial charge is 0.0887 e. The molecule has 0 atom stereocenters. The molecule has 31 heavy (non-hydrogen) atoms. The van der Waals surface area contributed by atoms with Gasteiger partial charge in [-0.2, -0.15) is 0 Å². The molecule has 0 spiro atoms. The normalized spacial score (nSPS) is 16.4. The summed E-state index contributed by atoms with van der Waals surface area (Å²) in [5.74, 6) is 0. The monoisotopic (exact) mass is 396 g/mol. The Balaban J connectivity index is 1.51. The number of rotatable bonds is 1. The van der Waals surface area contributed by atoms with Crippen molar-refractivity contribution in [2.75, 3.05) is 0 Å². The zero-order valence-electron chi connectivity index (χ0n) is 18.6. The average molecular weight is 396 g/mol. The van der Waals surface area contributed by atoms with Gasteiger partial charge in [-0.3, -0.25) is 0 Å². The van der Waals surface area contributed by atoms with Crippen molar-refractivity contribution in [2.45, 2.75) is 38.5 Å². The van der Waals surface area contributed by atoms with Crippen LogP contribution in [0.25, 0.3) is 33.4 Å². The summed E-state index contributed by atoms with van der Waals surface area (Å²) >= 11 is 0. The van der Waals surface area contributed by atoms with Crippen LogP contribution in [0.5, 0.6) is 0 Å². The minimum atomic E-state index is -0.0533.